The summed E-state index contributed by atoms with van der Waals surface area (Å²) in [5.74, 6) is -0.795. The minimum absolute atomic E-state index is 0.106. The van der Waals surface area contributed by atoms with Crippen LogP contribution in [-0.2, 0) is 10.2 Å². The molecule has 0 fully saturated rings. The fourth-order valence-electron chi connectivity index (χ4n) is 3.45. The summed E-state index contributed by atoms with van der Waals surface area (Å²) < 4.78 is 0. The van der Waals surface area contributed by atoms with Crippen LogP contribution in [0.1, 0.15) is 27.8 Å². The van der Waals surface area contributed by atoms with Gasteiger partial charge in [-0.15, -0.1) is 0 Å². The predicted octanol–water partition coefficient (Wildman–Crippen LogP) is 2.07. The molecule has 8 N–H and O–H groups in total. The van der Waals surface area contributed by atoms with Gasteiger partial charge in [0.05, 0.1) is 0 Å². The molecule has 3 aromatic rings. The van der Waals surface area contributed by atoms with Crippen molar-refractivity contribution in [3.8, 4) is 0 Å². The molecule has 0 aliphatic heterocycles. The lowest BCUT2D eigenvalue weighted by atomic mass is 9.68. The van der Waals surface area contributed by atoms with Gasteiger partial charge in [-0.3, -0.25) is 15.6 Å². The van der Waals surface area contributed by atoms with E-state index in [0.29, 0.717) is 27.8 Å². The summed E-state index contributed by atoms with van der Waals surface area (Å²) in [7, 11) is 0. The van der Waals surface area contributed by atoms with Gasteiger partial charge in [-0.2, -0.15) is 0 Å². The molecule has 3 aromatic carbocycles. The maximum Gasteiger partial charge on any atom is 0.237 e. The van der Waals surface area contributed by atoms with E-state index in [9.17, 15) is 4.79 Å². The van der Waals surface area contributed by atoms with Crippen LogP contribution in [0.5, 0.6) is 0 Å². The first-order valence-electron chi connectivity index (χ1n) is 8.62. The van der Waals surface area contributed by atoms with Crippen LogP contribution in [0, 0.1) is 10.8 Å². The Hall–Kier alpha value is -3.93. The van der Waals surface area contributed by atoms with Crippen molar-refractivity contribution in [3.05, 3.63) is 107 Å². The van der Waals surface area contributed by atoms with Gasteiger partial charge in [0.25, 0.3) is 0 Å². The van der Waals surface area contributed by atoms with E-state index < -0.39 is 11.3 Å². The first-order valence-corrected chi connectivity index (χ1v) is 8.62. The van der Waals surface area contributed by atoms with Crippen LogP contribution in [-0.4, -0.2) is 17.6 Å². The molecular formula is C22H21N5O. The summed E-state index contributed by atoms with van der Waals surface area (Å²) >= 11 is 0. The predicted molar refractivity (Wildman–Crippen MR) is 110 cm³/mol. The average Bonchev–Trinajstić information content (AvgIpc) is 2.69. The molecule has 6 heteroatoms. The van der Waals surface area contributed by atoms with Gasteiger partial charge in [-0.05, 0) is 28.8 Å². The van der Waals surface area contributed by atoms with Crippen molar-refractivity contribution in [2.24, 2.45) is 17.2 Å². The molecule has 0 saturated heterocycles. The first kappa shape index (κ1) is 18.8. The summed E-state index contributed by atoms with van der Waals surface area (Å²) in [6.45, 7) is 0. The highest BCUT2D eigenvalue weighted by molar-refractivity contribution is 5.99. The molecule has 140 valence electrons. The van der Waals surface area contributed by atoms with Crippen molar-refractivity contribution in [2.45, 2.75) is 5.41 Å². The van der Waals surface area contributed by atoms with Gasteiger partial charge in [0.15, 0.2) is 0 Å². The second-order valence-electron chi connectivity index (χ2n) is 6.47. The lowest BCUT2D eigenvalue weighted by Gasteiger charge is -2.33. The molecular weight excluding hydrogens is 350 g/mol. The molecule has 0 unspecified atom stereocenters. The van der Waals surface area contributed by atoms with Crippen LogP contribution in [0.15, 0.2) is 78.9 Å². The Labute approximate surface area is 163 Å². The Morgan fingerprint density at radius 2 is 1.07 bits per heavy atom. The van der Waals surface area contributed by atoms with Crippen LogP contribution < -0.4 is 17.2 Å². The molecule has 1 amide bonds. The number of nitrogens with one attached hydrogen (secondary N) is 2. The molecule has 0 aromatic heterocycles. The number of amides is 1. The number of nitrogen functional groups attached to an aromatic ring is 2. The normalized spacial score (nSPS) is 12.7. The Bertz CT molecular complexity index is 1000. The summed E-state index contributed by atoms with van der Waals surface area (Å²) in [6.07, 6.45) is 0. The second kappa shape index (κ2) is 7.36. The van der Waals surface area contributed by atoms with Crippen molar-refractivity contribution in [3.63, 3.8) is 0 Å². The number of primary amides is 1. The number of hydrogen-bond acceptors (Lipinski definition) is 3. The van der Waals surface area contributed by atoms with Gasteiger partial charge in [-0.1, -0.05) is 66.7 Å². The van der Waals surface area contributed by atoms with Gasteiger partial charge in [-0.25, -0.2) is 0 Å². The van der Waals surface area contributed by atoms with E-state index in [0.717, 1.165) is 0 Å². The number of benzene rings is 3. The van der Waals surface area contributed by atoms with E-state index in [-0.39, 0.29) is 11.7 Å². The van der Waals surface area contributed by atoms with Gasteiger partial charge in [0.2, 0.25) is 5.91 Å². The second-order valence-corrected chi connectivity index (χ2v) is 6.47. The van der Waals surface area contributed by atoms with E-state index in [1.807, 2.05) is 30.3 Å². The van der Waals surface area contributed by atoms with Crippen molar-refractivity contribution in [1.82, 2.24) is 0 Å². The minimum Gasteiger partial charge on any atom is -0.384 e. The average molecular weight is 371 g/mol. The summed E-state index contributed by atoms with van der Waals surface area (Å²) in [5.41, 5.74) is 18.8. The van der Waals surface area contributed by atoms with Crippen molar-refractivity contribution in [1.29, 1.82) is 10.8 Å². The summed E-state index contributed by atoms with van der Waals surface area (Å²) in [6, 6.07) is 23.0. The fourth-order valence-corrected chi connectivity index (χ4v) is 3.45. The quantitative estimate of drug-likeness (QED) is 0.257. The Morgan fingerprint density at radius 1 is 0.643 bits per heavy atom. The molecule has 28 heavy (non-hydrogen) atoms. The number of amidine groups is 2. The number of nitrogens with two attached hydrogens (primary N) is 3. The zero-order valence-corrected chi connectivity index (χ0v) is 15.1. The van der Waals surface area contributed by atoms with Crippen LogP contribution >= 0.6 is 0 Å². The standard InChI is InChI=1S/C22H21N5O/c23-19(24)14-6-4-10-17(12-14)22(21(27)28,16-8-2-1-3-9-16)18-11-5-7-15(13-18)20(25)26/h1-13H,(H3,23,24)(H3,25,26)(H2,27,28). The van der Waals surface area contributed by atoms with Crippen LogP contribution in [0.4, 0.5) is 0 Å². The van der Waals surface area contributed by atoms with E-state index in [2.05, 4.69) is 0 Å². The van der Waals surface area contributed by atoms with E-state index >= 15 is 0 Å². The fraction of sp³-hybridized carbons (Fsp3) is 0.0455. The third-order valence-corrected chi connectivity index (χ3v) is 4.79. The van der Waals surface area contributed by atoms with Gasteiger partial charge in [0, 0.05) is 11.1 Å². The zero-order valence-electron chi connectivity index (χ0n) is 15.1. The Balaban J connectivity index is 2.41. The van der Waals surface area contributed by atoms with Gasteiger partial charge in [0.1, 0.15) is 17.1 Å². The monoisotopic (exact) mass is 371 g/mol. The SMILES string of the molecule is N=C(N)c1cccc(C(C(N)=O)(c2ccccc2)c2cccc(C(=N)N)c2)c1. The number of carbonyl (C=O) groups is 1. The molecule has 0 saturated carbocycles. The highest BCUT2D eigenvalue weighted by Gasteiger charge is 2.42. The van der Waals surface area contributed by atoms with E-state index in [1.165, 1.54) is 0 Å². The molecule has 0 atom stereocenters. The smallest absolute Gasteiger partial charge is 0.237 e. The molecule has 6 nitrogen and oxygen atoms in total. The van der Waals surface area contributed by atoms with E-state index in [1.54, 1.807) is 48.5 Å². The largest absolute Gasteiger partial charge is 0.384 e. The first-order chi connectivity index (χ1) is 13.4. The summed E-state index contributed by atoms with van der Waals surface area (Å²) in [5, 5.41) is 15.5. The Morgan fingerprint density at radius 3 is 1.46 bits per heavy atom. The van der Waals surface area contributed by atoms with Crippen molar-refractivity contribution < 1.29 is 4.79 Å². The third kappa shape index (κ3) is 3.12. The van der Waals surface area contributed by atoms with Crippen LogP contribution in [0.2, 0.25) is 0 Å². The Kier molecular flexibility index (Phi) is 4.96. The van der Waals surface area contributed by atoms with Gasteiger partial charge >= 0.3 is 0 Å². The highest BCUT2D eigenvalue weighted by atomic mass is 16.1. The molecule has 0 radical (unpaired) electrons. The molecule has 0 heterocycles. The van der Waals surface area contributed by atoms with Crippen LogP contribution in [0.25, 0.3) is 0 Å². The third-order valence-electron chi connectivity index (χ3n) is 4.79. The van der Waals surface area contributed by atoms with E-state index in [4.69, 9.17) is 28.0 Å². The van der Waals surface area contributed by atoms with Crippen molar-refractivity contribution >= 4 is 17.6 Å². The molecule has 3 rings (SSSR count). The van der Waals surface area contributed by atoms with Crippen molar-refractivity contribution in [2.75, 3.05) is 0 Å². The number of carbonyl (C=O) groups excluding carboxylic acids is 1. The molecule has 0 aliphatic carbocycles. The minimum atomic E-state index is -1.34. The maximum absolute atomic E-state index is 13.0. The lowest BCUT2D eigenvalue weighted by Crippen LogP contribution is -2.43. The lowest BCUT2D eigenvalue weighted by molar-refractivity contribution is -0.120. The number of hydrogen-bond donors (Lipinski definition) is 5. The highest BCUT2D eigenvalue weighted by Crippen LogP contribution is 2.39. The molecule has 0 bridgehead atoms. The maximum atomic E-state index is 13.0. The molecule has 0 aliphatic rings. The zero-order chi connectivity index (χ0) is 20.3. The number of rotatable bonds is 6. The summed E-state index contributed by atoms with van der Waals surface area (Å²) in [4.78, 5) is 13.0. The van der Waals surface area contributed by atoms with Crippen LogP contribution in [0.3, 0.4) is 0 Å². The van der Waals surface area contributed by atoms with Gasteiger partial charge < -0.3 is 17.2 Å². The molecule has 0 spiro atoms. The topological polar surface area (TPSA) is 143 Å².